The smallest absolute Gasteiger partial charge is 0.0885 e. The maximum atomic E-state index is 10.6. The average Bonchev–Trinajstić information content (AvgIpc) is 2.41. The number of aryl methyl sites for hydroxylation is 1. The molecule has 3 N–H and O–H groups in total. The highest BCUT2D eigenvalue weighted by molar-refractivity contribution is 6.35. The maximum Gasteiger partial charge on any atom is 0.0885 e. The molecule has 106 valence electrons. The van der Waals surface area contributed by atoms with Gasteiger partial charge in [0.1, 0.15) is 0 Å². The Morgan fingerprint density at radius 2 is 1.75 bits per heavy atom. The minimum absolute atomic E-state index is 0.200. The van der Waals surface area contributed by atoms with Crippen LogP contribution in [0, 0.1) is 6.92 Å². The topological polar surface area (TPSA) is 46.2 Å². The van der Waals surface area contributed by atoms with Gasteiger partial charge in [0.05, 0.1) is 6.10 Å². The lowest BCUT2D eigenvalue weighted by atomic mass is 9.89. The van der Waals surface area contributed by atoms with Gasteiger partial charge < -0.3 is 10.8 Å². The summed E-state index contributed by atoms with van der Waals surface area (Å²) in [6.45, 7) is 2.36. The molecule has 0 aliphatic carbocycles. The molecule has 0 spiro atoms. The molecule has 2 rings (SSSR count). The summed E-state index contributed by atoms with van der Waals surface area (Å²) in [5.41, 5.74) is 8.64. The zero-order chi connectivity index (χ0) is 14.7. The van der Waals surface area contributed by atoms with Crippen molar-refractivity contribution < 1.29 is 5.11 Å². The SMILES string of the molecule is Cc1ccc(C(CN)C(O)c2ccc(Cl)cc2Cl)cc1. The Kier molecular flexibility index (Phi) is 5.06. The highest BCUT2D eigenvalue weighted by Gasteiger charge is 2.23. The van der Waals surface area contributed by atoms with Gasteiger partial charge in [-0.25, -0.2) is 0 Å². The first-order valence-corrected chi connectivity index (χ1v) is 7.18. The first-order valence-electron chi connectivity index (χ1n) is 6.42. The molecular weight excluding hydrogens is 293 g/mol. The molecule has 4 heteroatoms. The van der Waals surface area contributed by atoms with Gasteiger partial charge in [0.25, 0.3) is 0 Å². The van der Waals surface area contributed by atoms with E-state index >= 15 is 0 Å². The second kappa shape index (κ2) is 6.59. The Bertz CT molecular complexity index is 584. The molecule has 2 atom stereocenters. The van der Waals surface area contributed by atoms with E-state index in [9.17, 15) is 5.11 Å². The number of hydrogen-bond donors (Lipinski definition) is 2. The molecule has 2 unspecified atom stereocenters. The molecule has 0 fully saturated rings. The number of rotatable bonds is 4. The summed E-state index contributed by atoms with van der Waals surface area (Å²) >= 11 is 12.0. The van der Waals surface area contributed by atoms with Crippen molar-refractivity contribution in [2.75, 3.05) is 6.54 Å². The summed E-state index contributed by atoms with van der Waals surface area (Å²) in [6, 6.07) is 13.1. The van der Waals surface area contributed by atoms with Crippen LogP contribution in [0.25, 0.3) is 0 Å². The molecule has 2 aromatic carbocycles. The van der Waals surface area contributed by atoms with Crippen LogP contribution in [0.15, 0.2) is 42.5 Å². The molecule has 0 heterocycles. The summed E-state index contributed by atoms with van der Waals surface area (Å²) in [4.78, 5) is 0. The van der Waals surface area contributed by atoms with E-state index < -0.39 is 6.10 Å². The van der Waals surface area contributed by atoms with Crippen LogP contribution < -0.4 is 5.73 Å². The maximum absolute atomic E-state index is 10.6. The van der Waals surface area contributed by atoms with Crippen LogP contribution in [0.1, 0.15) is 28.7 Å². The van der Waals surface area contributed by atoms with E-state index in [1.807, 2.05) is 31.2 Å². The van der Waals surface area contributed by atoms with Crippen LogP contribution in [0.5, 0.6) is 0 Å². The molecule has 0 aliphatic rings. The van der Waals surface area contributed by atoms with Gasteiger partial charge >= 0.3 is 0 Å². The molecule has 0 saturated heterocycles. The molecule has 0 aromatic heterocycles. The Labute approximate surface area is 129 Å². The molecule has 0 saturated carbocycles. The third kappa shape index (κ3) is 3.33. The van der Waals surface area contributed by atoms with Gasteiger partial charge in [0.15, 0.2) is 0 Å². The number of aliphatic hydroxyl groups excluding tert-OH is 1. The number of hydrogen-bond acceptors (Lipinski definition) is 2. The summed E-state index contributed by atoms with van der Waals surface area (Å²) < 4.78 is 0. The molecule has 0 bridgehead atoms. The van der Waals surface area contributed by atoms with Gasteiger partial charge in [-0.3, -0.25) is 0 Å². The van der Waals surface area contributed by atoms with E-state index in [1.54, 1.807) is 18.2 Å². The summed E-state index contributed by atoms with van der Waals surface area (Å²) in [6.07, 6.45) is -0.757. The largest absolute Gasteiger partial charge is 0.388 e. The van der Waals surface area contributed by atoms with Crippen molar-refractivity contribution in [2.24, 2.45) is 5.73 Å². The van der Waals surface area contributed by atoms with Crippen molar-refractivity contribution in [1.82, 2.24) is 0 Å². The van der Waals surface area contributed by atoms with Crippen molar-refractivity contribution in [3.05, 3.63) is 69.2 Å². The summed E-state index contributed by atoms with van der Waals surface area (Å²) in [7, 11) is 0. The predicted octanol–water partition coefficient (Wildman–Crippen LogP) is 4.08. The Hall–Kier alpha value is -1.06. The quantitative estimate of drug-likeness (QED) is 0.894. The standard InChI is InChI=1S/C16H17Cl2NO/c1-10-2-4-11(5-3-10)14(9-19)16(20)13-7-6-12(17)8-15(13)18/h2-8,14,16,20H,9,19H2,1H3. The third-order valence-electron chi connectivity index (χ3n) is 3.42. The zero-order valence-corrected chi connectivity index (χ0v) is 12.7. The normalized spacial score (nSPS) is 14.1. The van der Waals surface area contributed by atoms with E-state index in [2.05, 4.69) is 0 Å². The van der Waals surface area contributed by atoms with E-state index in [0.717, 1.165) is 5.56 Å². The van der Waals surface area contributed by atoms with E-state index in [4.69, 9.17) is 28.9 Å². The first kappa shape index (κ1) is 15.3. The molecule has 0 aliphatic heterocycles. The van der Waals surface area contributed by atoms with Gasteiger partial charge in [-0.1, -0.05) is 59.1 Å². The van der Waals surface area contributed by atoms with Crippen LogP contribution >= 0.6 is 23.2 Å². The van der Waals surface area contributed by atoms with Gasteiger partial charge in [-0.15, -0.1) is 0 Å². The van der Waals surface area contributed by atoms with E-state index in [0.29, 0.717) is 22.2 Å². The van der Waals surface area contributed by atoms with Crippen LogP contribution in [-0.4, -0.2) is 11.7 Å². The fourth-order valence-corrected chi connectivity index (χ4v) is 2.74. The second-order valence-electron chi connectivity index (χ2n) is 4.86. The van der Waals surface area contributed by atoms with Crippen molar-refractivity contribution in [1.29, 1.82) is 0 Å². The molecule has 2 aromatic rings. The number of benzene rings is 2. The summed E-state index contributed by atoms with van der Waals surface area (Å²) in [5.74, 6) is -0.200. The van der Waals surface area contributed by atoms with Crippen LogP contribution in [0.4, 0.5) is 0 Å². The minimum atomic E-state index is -0.757. The fourth-order valence-electron chi connectivity index (χ4n) is 2.22. The van der Waals surface area contributed by atoms with E-state index in [-0.39, 0.29) is 5.92 Å². The predicted molar refractivity (Wildman–Crippen MR) is 84.4 cm³/mol. The monoisotopic (exact) mass is 309 g/mol. The number of halogens is 2. The molecule has 0 radical (unpaired) electrons. The third-order valence-corrected chi connectivity index (χ3v) is 3.98. The zero-order valence-electron chi connectivity index (χ0n) is 11.2. The molecule has 20 heavy (non-hydrogen) atoms. The van der Waals surface area contributed by atoms with Gasteiger partial charge in [0, 0.05) is 22.5 Å². The van der Waals surface area contributed by atoms with Gasteiger partial charge in [-0.2, -0.15) is 0 Å². The lowest BCUT2D eigenvalue weighted by molar-refractivity contribution is 0.147. The van der Waals surface area contributed by atoms with Gasteiger partial charge in [0.2, 0.25) is 0 Å². The lowest BCUT2D eigenvalue weighted by Crippen LogP contribution is -2.20. The molecular formula is C16H17Cl2NO. The Morgan fingerprint density at radius 1 is 1.10 bits per heavy atom. The highest BCUT2D eigenvalue weighted by Crippen LogP contribution is 2.35. The Balaban J connectivity index is 2.33. The van der Waals surface area contributed by atoms with Crippen molar-refractivity contribution in [2.45, 2.75) is 18.9 Å². The second-order valence-corrected chi connectivity index (χ2v) is 5.71. The average molecular weight is 310 g/mol. The van der Waals surface area contributed by atoms with Crippen molar-refractivity contribution in [3.63, 3.8) is 0 Å². The Morgan fingerprint density at radius 3 is 2.30 bits per heavy atom. The molecule has 0 amide bonds. The van der Waals surface area contributed by atoms with Crippen molar-refractivity contribution in [3.8, 4) is 0 Å². The van der Waals surface area contributed by atoms with E-state index in [1.165, 1.54) is 5.56 Å². The van der Waals surface area contributed by atoms with Crippen LogP contribution in [0.3, 0.4) is 0 Å². The fraction of sp³-hybridized carbons (Fsp3) is 0.250. The van der Waals surface area contributed by atoms with Crippen LogP contribution in [0.2, 0.25) is 10.0 Å². The van der Waals surface area contributed by atoms with Crippen LogP contribution in [-0.2, 0) is 0 Å². The molecule has 2 nitrogen and oxygen atoms in total. The first-order chi connectivity index (χ1) is 9.52. The number of aliphatic hydroxyl groups is 1. The highest BCUT2D eigenvalue weighted by atomic mass is 35.5. The van der Waals surface area contributed by atoms with Crippen molar-refractivity contribution >= 4 is 23.2 Å². The lowest BCUT2D eigenvalue weighted by Gasteiger charge is -2.23. The van der Waals surface area contributed by atoms with Gasteiger partial charge in [-0.05, 0) is 30.2 Å². The number of nitrogens with two attached hydrogens (primary N) is 1. The summed E-state index contributed by atoms with van der Waals surface area (Å²) in [5, 5.41) is 11.6. The minimum Gasteiger partial charge on any atom is -0.388 e.